The summed E-state index contributed by atoms with van der Waals surface area (Å²) in [4.78, 5) is 4.11. The Kier molecular flexibility index (Phi) is 3.95. The van der Waals surface area contributed by atoms with Crippen LogP contribution in [-0.4, -0.2) is 16.7 Å². The van der Waals surface area contributed by atoms with E-state index in [2.05, 4.69) is 37.5 Å². The molecule has 1 heterocycles. The van der Waals surface area contributed by atoms with Crippen molar-refractivity contribution < 1.29 is 4.52 Å². The second-order valence-corrected chi connectivity index (χ2v) is 4.62. The van der Waals surface area contributed by atoms with Crippen LogP contribution in [0.1, 0.15) is 17.3 Å². The second-order valence-electron chi connectivity index (χ2n) is 3.71. The van der Waals surface area contributed by atoms with Crippen molar-refractivity contribution in [2.75, 3.05) is 11.9 Å². The molecular weight excluding hydrogens is 296 g/mol. The Morgan fingerprint density at radius 3 is 3.00 bits per heavy atom. The molecule has 0 fully saturated rings. The van der Waals surface area contributed by atoms with Crippen molar-refractivity contribution in [1.29, 1.82) is 5.26 Å². The highest BCUT2D eigenvalue weighted by atomic mass is 79.9. The van der Waals surface area contributed by atoms with Gasteiger partial charge in [-0.2, -0.15) is 10.2 Å². The lowest BCUT2D eigenvalue weighted by Crippen LogP contribution is -2.07. The molecule has 0 aliphatic heterocycles. The van der Waals surface area contributed by atoms with Gasteiger partial charge in [-0.05, 0) is 18.2 Å². The van der Waals surface area contributed by atoms with Gasteiger partial charge in [-0.1, -0.05) is 21.1 Å². The van der Waals surface area contributed by atoms with E-state index in [0.29, 0.717) is 30.2 Å². The third-order valence-electron chi connectivity index (χ3n) is 2.34. The number of aromatic nitrogens is 2. The van der Waals surface area contributed by atoms with E-state index in [1.165, 1.54) is 0 Å². The summed E-state index contributed by atoms with van der Waals surface area (Å²) in [5, 5.41) is 16.0. The molecule has 18 heavy (non-hydrogen) atoms. The third-order valence-corrected chi connectivity index (χ3v) is 2.83. The monoisotopic (exact) mass is 306 g/mol. The topological polar surface area (TPSA) is 74.7 Å². The van der Waals surface area contributed by atoms with Gasteiger partial charge in [0.1, 0.15) is 6.07 Å². The van der Waals surface area contributed by atoms with Crippen molar-refractivity contribution in [3.8, 4) is 6.07 Å². The fraction of sp³-hybridized carbons (Fsp3) is 0.250. The zero-order chi connectivity index (χ0) is 13.0. The van der Waals surface area contributed by atoms with Crippen molar-refractivity contribution in [2.45, 2.75) is 13.3 Å². The maximum absolute atomic E-state index is 9.01. The molecule has 0 aliphatic carbocycles. The number of halogens is 1. The van der Waals surface area contributed by atoms with E-state index in [-0.39, 0.29) is 0 Å². The van der Waals surface area contributed by atoms with Gasteiger partial charge in [-0.15, -0.1) is 0 Å². The number of hydrogen-bond acceptors (Lipinski definition) is 5. The maximum atomic E-state index is 9.01. The molecule has 0 bridgehead atoms. The number of nitrogens with one attached hydrogen (secondary N) is 1. The predicted molar refractivity (Wildman–Crippen MR) is 70.1 cm³/mol. The molecule has 92 valence electrons. The van der Waals surface area contributed by atoms with Crippen molar-refractivity contribution in [2.24, 2.45) is 0 Å². The summed E-state index contributed by atoms with van der Waals surface area (Å²) < 4.78 is 5.77. The first-order chi connectivity index (χ1) is 8.69. The molecule has 1 N–H and O–H groups in total. The zero-order valence-corrected chi connectivity index (χ0v) is 11.4. The summed E-state index contributed by atoms with van der Waals surface area (Å²) in [5.41, 5.74) is 1.41. The average Bonchev–Trinajstić information content (AvgIpc) is 2.77. The molecule has 1 aromatic carbocycles. The minimum atomic E-state index is 0.561. The fourth-order valence-electron chi connectivity index (χ4n) is 1.51. The molecule has 0 saturated carbocycles. The third kappa shape index (κ3) is 3.08. The first-order valence-corrected chi connectivity index (χ1v) is 6.21. The van der Waals surface area contributed by atoms with Crippen LogP contribution in [0.3, 0.4) is 0 Å². The molecule has 0 radical (unpaired) electrons. The van der Waals surface area contributed by atoms with Crippen LogP contribution in [0, 0.1) is 18.3 Å². The smallest absolute Gasteiger partial charge is 0.223 e. The summed E-state index contributed by atoms with van der Waals surface area (Å²) in [6, 6.07) is 7.68. The number of hydrogen-bond donors (Lipinski definition) is 1. The molecule has 0 unspecified atom stereocenters. The Hall–Kier alpha value is -1.87. The van der Waals surface area contributed by atoms with Crippen molar-refractivity contribution in [1.82, 2.24) is 10.1 Å². The Labute approximate surface area is 113 Å². The van der Waals surface area contributed by atoms with E-state index in [0.717, 1.165) is 10.2 Å². The Morgan fingerprint density at radius 2 is 2.33 bits per heavy atom. The van der Waals surface area contributed by atoms with Gasteiger partial charge >= 0.3 is 0 Å². The Balaban J connectivity index is 1.96. The molecule has 0 atom stereocenters. The van der Waals surface area contributed by atoms with Crippen molar-refractivity contribution in [3.05, 3.63) is 40.0 Å². The lowest BCUT2D eigenvalue weighted by molar-refractivity contribution is 0.387. The molecule has 6 heteroatoms. The molecular formula is C12H11BrN4O. The Bertz CT molecular complexity index is 588. The average molecular weight is 307 g/mol. The van der Waals surface area contributed by atoms with Crippen LogP contribution in [0.2, 0.25) is 0 Å². The maximum Gasteiger partial charge on any atom is 0.223 e. The molecule has 1 aromatic heterocycles. The fourth-order valence-corrected chi connectivity index (χ4v) is 1.88. The molecule has 0 aliphatic rings. The van der Waals surface area contributed by atoms with E-state index in [1.807, 2.05) is 12.1 Å². The predicted octanol–water partition coefficient (Wildman–Crippen LogP) is 2.67. The minimum absolute atomic E-state index is 0.561. The standard InChI is InChI=1S/C12H11BrN4O/c1-8-16-12(17-18-8)4-5-15-11-3-2-10(13)6-9(11)7-14/h2-3,6,15H,4-5H2,1H3. The number of aryl methyl sites for hydroxylation is 1. The van der Waals surface area contributed by atoms with Crippen LogP contribution >= 0.6 is 15.9 Å². The summed E-state index contributed by atoms with van der Waals surface area (Å²) in [5.74, 6) is 1.22. The zero-order valence-electron chi connectivity index (χ0n) is 9.77. The second kappa shape index (κ2) is 5.65. The largest absolute Gasteiger partial charge is 0.384 e. The van der Waals surface area contributed by atoms with Crippen LogP contribution in [0.5, 0.6) is 0 Å². The highest BCUT2D eigenvalue weighted by Gasteiger charge is 2.04. The molecule has 2 rings (SSSR count). The SMILES string of the molecule is Cc1nc(CCNc2ccc(Br)cc2C#N)no1. The van der Waals surface area contributed by atoms with Crippen molar-refractivity contribution in [3.63, 3.8) is 0 Å². The van der Waals surface area contributed by atoms with Crippen LogP contribution in [0.4, 0.5) is 5.69 Å². The number of nitrogens with zero attached hydrogens (tertiary/aromatic N) is 3. The molecule has 2 aromatic rings. The van der Waals surface area contributed by atoms with Crippen LogP contribution in [0.25, 0.3) is 0 Å². The summed E-state index contributed by atoms with van der Waals surface area (Å²) in [7, 11) is 0. The van der Waals surface area contributed by atoms with Gasteiger partial charge in [-0.25, -0.2) is 0 Å². The van der Waals surface area contributed by atoms with Gasteiger partial charge in [0, 0.05) is 24.4 Å². The first kappa shape index (κ1) is 12.6. The van der Waals surface area contributed by atoms with Crippen LogP contribution in [-0.2, 0) is 6.42 Å². The lowest BCUT2D eigenvalue weighted by Gasteiger charge is -2.06. The highest BCUT2D eigenvalue weighted by Crippen LogP contribution is 2.20. The van der Waals surface area contributed by atoms with Gasteiger partial charge in [0.2, 0.25) is 5.89 Å². The van der Waals surface area contributed by atoms with Crippen molar-refractivity contribution >= 4 is 21.6 Å². The van der Waals surface area contributed by atoms with Gasteiger partial charge in [0.25, 0.3) is 0 Å². The van der Waals surface area contributed by atoms with E-state index in [4.69, 9.17) is 9.78 Å². The van der Waals surface area contributed by atoms with Crippen LogP contribution < -0.4 is 5.32 Å². The molecule has 5 nitrogen and oxygen atoms in total. The van der Waals surface area contributed by atoms with E-state index >= 15 is 0 Å². The quantitative estimate of drug-likeness (QED) is 0.940. The molecule has 0 saturated heterocycles. The van der Waals surface area contributed by atoms with Gasteiger partial charge in [-0.3, -0.25) is 0 Å². The van der Waals surface area contributed by atoms with E-state index < -0.39 is 0 Å². The molecule has 0 spiro atoms. The van der Waals surface area contributed by atoms with E-state index in [9.17, 15) is 0 Å². The van der Waals surface area contributed by atoms with Gasteiger partial charge in [0.05, 0.1) is 11.3 Å². The molecule has 0 amide bonds. The highest BCUT2D eigenvalue weighted by molar-refractivity contribution is 9.10. The Morgan fingerprint density at radius 1 is 1.50 bits per heavy atom. The van der Waals surface area contributed by atoms with E-state index in [1.54, 1.807) is 13.0 Å². The number of rotatable bonds is 4. The summed E-state index contributed by atoms with van der Waals surface area (Å²) >= 11 is 3.33. The van der Waals surface area contributed by atoms with Gasteiger partial charge < -0.3 is 9.84 Å². The normalized spacial score (nSPS) is 10.1. The van der Waals surface area contributed by atoms with Crippen LogP contribution in [0.15, 0.2) is 27.2 Å². The lowest BCUT2D eigenvalue weighted by atomic mass is 10.2. The summed E-state index contributed by atoms with van der Waals surface area (Å²) in [6.07, 6.45) is 0.651. The van der Waals surface area contributed by atoms with Gasteiger partial charge in [0.15, 0.2) is 5.82 Å². The number of benzene rings is 1. The minimum Gasteiger partial charge on any atom is -0.384 e. The first-order valence-electron chi connectivity index (χ1n) is 5.42. The number of nitriles is 1. The summed E-state index contributed by atoms with van der Waals surface area (Å²) in [6.45, 7) is 2.40. The number of anilines is 1.